The van der Waals surface area contributed by atoms with E-state index in [-0.39, 0.29) is 0 Å². The Bertz CT molecular complexity index is 362. The van der Waals surface area contributed by atoms with E-state index < -0.39 is 6.10 Å². The van der Waals surface area contributed by atoms with Gasteiger partial charge in [-0.2, -0.15) is 11.8 Å². The first-order valence-corrected chi connectivity index (χ1v) is 7.42. The molecule has 0 radical (unpaired) electrons. The number of aliphatic hydroxyl groups is 1. The molecule has 2 rings (SSSR count). The number of thioether (sulfide) groups is 1. The Hall–Kier alpha value is -0.740. The average Bonchev–Trinajstić information content (AvgIpc) is 2.39. The molecule has 1 aromatic heterocycles. The molecule has 1 saturated heterocycles. The maximum atomic E-state index is 9.76. The summed E-state index contributed by atoms with van der Waals surface area (Å²) in [6, 6.07) is 3.86. The van der Waals surface area contributed by atoms with Gasteiger partial charge in [-0.3, -0.25) is 0 Å². The maximum absolute atomic E-state index is 9.76. The quantitative estimate of drug-likeness (QED) is 0.896. The van der Waals surface area contributed by atoms with Crippen LogP contribution in [0.2, 0.25) is 0 Å². The van der Waals surface area contributed by atoms with Gasteiger partial charge in [-0.1, -0.05) is 6.07 Å². The first-order valence-electron chi connectivity index (χ1n) is 6.13. The van der Waals surface area contributed by atoms with Gasteiger partial charge >= 0.3 is 0 Å². The molecule has 1 aliphatic rings. The third kappa shape index (κ3) is 2.93. The number of nitrogens with zero attached hydrogens (tertiary/aromatic N) is 2. The van der Waals surface area contributed by atoms with Crippen molar-refractivity contribution in [2.24, 2.45) is 0 Å². The summed E-state index contributed by atoms with van der Waals surface area (Å²) in [6.07, 6.45) is 5.95. The van der Waals surface area contributed by atoms with Crippen LogP contribution < -0.4 is 4.90 Å². The summed E-state index contributed by atoms with van der Waals surface area (Å²) in [5.74, 6) is 0.960. The summed E-state index contributed by atoms with van der Waals surface area (Å²) in [5, 5.41) is 10.5. The zero-order valence-electron chi connectivity index (χ0n) is 10.5. The molecule has 0 spiro atoms. The molecular weight excluding hydrogens is 232 g/mol. The van der Waals surface area contributed by atoms with E-state index in [9.17, 15) is 5.11 Å². The fourth-order valence-corrected chi connectivity index (χ4v) is 2.99. The van der Waals surface area contributed by atoms with Crippen molar-refractivity contribution in [3.05, 3.63) is 23.9 Å². The minimum atomic E-state index is -0.447. The van der Waals surface area contributed by atoms with E-state index in [2.05, 4.69) is 16.1 Å². The van der Waals surface area contributed by atoms with Crippen molar-refractivity contribution in [1.29, 1.82) is 0 Å². The highest BCUT2D eigenvalue weighted by Gasteiger charge is 2.22. The van der Waals surface area contributed by atoms with Gasteiger partial charge in [0.15, 0.2) is 0 Å². The number of piperidine rings is 1. The molecule has 1 fully saturated rings. The van der Waals surface area contributed by atoms with E-state index in [1.165, 1.54) is 12.8 Å². The van der Waals surface area contributed by atoms with Crippen LogP contribution in [-0.4, -0.2) is 34.7 Å². The van der Waals surface area contributed by atoms with Crippen LogP contribution in [0.3, 0.4) is 0 Å². The van der Waals surface area contributed by atoms with Crippen LogP contribution in [0.5, 0.6) is 0 Å². The highest BCUT2D eigenvalue weighted by molar-refractivity contribution is 7.99. The molecule has 1 aliphatic heterocycles. The Kier molecular flexibility index (Phi) is 4.29. The molecule has 2 heterocycles. The Morgan fingerprint density at radius 1 is 1.47 bits per heavy atom. The largest absolute Gasteiger partial charge is 0.389 e. The molecule has 0 aliphatic carbocycles. The first-order chi connectivity index (χ1) is 8.22. The second-order valence-corrected chi connectivity index (χ2v) is 5.65. The molecule has 4 heteroatoms. The van der Waals surface area contributed by atoms with Gasteiger partial charge in [0.05, 0.1) is 6.10 Å². The van der Waals surface area contributed by atoms with Crippen LogP contribution in [0, 0.1) is 0 Å². The zero-order valence-corrected chi connectivity index (χ0v) is 11.3. The highest BCUT2D eigenvalue weighted by Crippen LogP contribution is 2.28. The van der Waals surface area contributed by atoms with E-state index in [0.717, 1.165) is 29.7 Å². The van der Waals surface area contributed by atoms with Gasteiger partial charge in [-0.25, -0.2) is 4.98 Å². The fraction of sp³-hybridized carbons (Fsp3) is 0.615. The normalized spacial score (nSPS) is 19.4. The number of anilines is 1. The molecule has 1 N–H and O–H groups in total. The van der Waals surface area contributed by atoms with Gasteiger partial charge in [-0.15, -0.1) is 0 Å². The predicted molar refractivity (Wildman–Crippen MR) is 73.6 cm³/mol. The fourth-order valence-electron chi connectivity index (χ4n) is 2.30. The van der Waals surface area contributed by atoms with Crippen LogP contribution in [0.15, 0.2) is 18.3 Å². The van der Waals surface area contributed by atoms with Gasteiger partial charge < -0.3 is 10.0 Å². The second-order valence-electron chi connectivity index (χ2n) is 4.51. The molecule has 0 unspecified atom stereocenters. The van der Waals surface area contributed by atoms with Crippen molar-refractivity contribution in [3.63, 3.8) is 0 Å². The van der Waals surface area contributed by atoms with Crippen molar-refractivity contribution < 1.29 is 5.11 Å². The Morgan fingerprint density at radius 2 is 2.18 bits per heavy atom. The number of aliphatic hydroxyl groups excluding tert-OH is 1. The Balaban J connectivity index is 2.13. The molecule has 94 valence electrons. The molecule has 0 saturated carbocycles. The molecular formula is C13H20N2OS. The summed E-state index contributed by atoms with van der Waals surface area (Å²) in [4.78, 5) is 6.73. The van der Waals surface area contributed by atoms with Gasteiger partial charge in [0.1, 0.15) is 5.82 Å². The summed E-state index contributed by atoms with van der Waals surface area (Å²) in [7, 11) is 0. The van der Waals surface area contributed by atoms with E-state index in [4.69, 9.17) is 0 Å². The van der Waals surface area contributed by atoms with Crippen molar-refractivity contribution in [1.82, 2.24) is 4.98 Å². The molecule has 0 aromatic carbocycles. The van der Waals surface area contributed by atoms with Gasteiger partial charge in [0, 0.05) is 30.1 Å². The van der Waals surface area contributed by atoms with Crippen molar-refractivity contribution in [3.8, 4) is 0 Å². The summed E-state index contributed by atoms with van der Waals surface area (Å²) >= 11 is 1.96. The lowest BCUT2D eigenvalue weighted by molar-refractivity contribution is 0.199. The maximum Gasteiger partial charge on any atom is 0.134 e. The number of rotatable bonds is 3. The standard InChI is InChI=1S/C13H20N2OS/c1-10(16)12-4-3-7-14-13(12)15-8-5-11(17-2)6-9-15/h3-4,7,10-11,16H,5-6,8-9H2,1-2H3/t10-/m1/s1. The number of hydrogen-bond acceptors (Lipinski definition) is 4. The van der Waals surface area contributed by atoms with Crippen LogP contribution in [0.1, 0.15) is 31.4 Å². The number of hydrogen-bond donors (Lipinski definition) is 1. The van der Waals surface area contributed by atoms with Crippen LogP contribution >= 0.6 is 11.8 Å². The summed E-state index contributed by atoms with van der Waals surface area (Å²) < 4.78 is 0. The van der Waals surface area contributed by atoms with E-state index in [0.29, 0.717) is 0 Å². The predicted octanol–water partition coefficient (Wildman–Crippen LogP) is 2.47. The van der Waals surface area contributed by atoms with E-state index in [1.807, 2.05) is 30.1 Å². The third-order valence-corrected chi connectivity index (χ3v) is 4.48. The van der Waals surface area contributed by atoms with Gasteiger partial charge in [0.25, 0.3) is 0 Å². The lowest BCUT2D eigenvalue weighted by Gasteiger charge is -2.33. The molecule has 0 bridgehead atoms. The van der Waals surface area contributed by atoms with Crippen molar-refractivity contribution in [2.75, 3.05) is 24.2 Å². The third-order valence-electron chi connectivity index (χ3n) is 3.34. The summed E-state index contributed by atoms with van der Waals surface area (Å²) in [6.45, 7) is 3.89. The van der Waals surface area contributed by atoms with Crippen LogP contribution in [0.4, 0.5) is 5.82 Å². The lowest BCUT2D eigenvalue weighted by Crippen LogP contribution is -2.36. The van der Waals surface area contributed by atoms with E-state index >= 15 is 0 Å². The Morgan fingerprint density at radius 3 is 2.76 bits per heavy atom. The number of pyridine rings is 1. The van der Waals surface area contributed by atoms with Gasteiger partial charge in [0.2, 0.25) is 0 Å². The monoisotopic (exact) mass is 252 g/mol. The average molecular weight is 252 g/mol. The first kappa shape index (κ1) is 12.7. The number of aromatic nitrogens is 1. The minimum Gasteiger partial charge on any atom is -0.389 e. The lowest BCUT2D eigenvalue weighted by atomic mass is 10.1. The Labute approximate surface area is 107 Å². The molecule has 1 aromatic rings. The molecule has 17 heavy (non-hydrogen) atoms. The van der Waals surface area contributed by atoms with E-state index in [1.54, 1.807) is 6.92 Å². The topological polar surface area (TPSA) is 36.4 Å². The second kappa shape index (κ2) is 5.74. The molecule has 1 atom stereocenters. The van der Waals surface area contributed by atoms with Crippen LogP contribution in [-0.2, 0) is 0 Å². The highest BCUT2D eigenvalue weighted by atomic mass is 32.2. The molecule has 3 nitrogen and oxygen atoms in total. The van der Waals surface area contributed by atoms with Gasteiger partial charge in [-0.05, 0) is 32.1 Å². The molecule has 0 amide bonds. The minimum absolute atomic E-state index is 0.447. The smallest absolute Gasteiger partial charge is 0.134 e. The van der Waals surface area contributed by atoms with Crippen molar-refractivity contribution >= 4 is 17.6 Å². The van der Waals surface area contributed by atoms with Crippen LogP contribution in [0.25, 0.3) is 0 Å². The van der Waals surface area contributed by atoms with Crippen molar-refractivity contribution in [2.45, 2.75) is 31.1 Å². The zero-order chi connectivity index (χ0) is 12.3. The summed E-state index contributed by atoms with van der Waals surface area (Å²) in [5.41, 5.74) is 0.940. The SMILES string of the molecule is CSC1CCN(c2ncccc2[C@@H](C)O)CC1.